The molecule has 2 atom stereocenters. The summed E-state index contributed by atoms with van der Waals surface area (Å²) in [7, 11) is 4.67. The molecule has 0 saturated heterocycles. The quantitative estimate of drug-likeness (QED) is 0.274. The van der Waals surface area contributed by atoms with Crippen molar-refractivity contribution in [3.05, 3.63) is 94.6 Å². The van der Waals surface area contributed by atoms with Gasteiger partial charge < -0.3 is 4.74 Å². The summed E-state index contributed by atoms with van der Waals surface area (Å²) >= 11 is 0. The second-order valence-electron chi connectivity index (χ2n) is 7.83. The lowest BCUT2D eigenvalue weighted by atomic mass is 9.82. The van der Waals surface area contributed by atoms with Gasteiger partial charge in [0.1, 0.15) is 6.29 Å². The van der Waals surface area contributed by atoms with Gasteiger partial charge in [-0.2, -0.15) is 0 Å². The minimum atomic E-state index is 0.225. The first-order valence-electron chi connectivity index (χ1n) is 10.6. The van der Waals surface area contributed by atoms with Crippen LogP contribution in [0.1, 0.15) is 65.6 Å². The molecular formula is C27H31O2P. The highest BCUT2D eigenvalue weighted by atomic mass is 31.0. The summed E-state index contributed by atoms with van der Waals surface area (Å²) in [5.41, 5.74) is 7.07. The van der Waals surface area contributed by atoms with Crippen molar-refractivity contribution in [3.63, 3.8) is 0 Å². The molecule has 0 saturated carbocycles. The smallest absolute Gasteiger partial charge is 0.150 e. The SMILES string of the molecule is COCCCCC(c1cccc(C=O)c1)c1cccc(P)c1C1=CCC=CC(C)=C1. The Labute approximate surface area is 182 Å². The second-order valence-corrected chi connectivity index (χ2v) is 8.45. The van der Waals surface area contributed by atoms with E-state index in [2.05, 4.69) is 64.7 Å². The Morgan fingerprint density at radius 1 is 1.17 bits per heavy atom. The molecule has 30 heavy (non-hydrogen) atoms. The van der Waals surface area contributed by atoms with E-state index in [1.807, 2.05) is 18.2 Å². The molecular weight excluding hydrogens is 387 g/mol. The summed E-state index contributed by atoms with van der Waals surface area (Å²) in [6.45, 7) is 2.92. The van der Waals surface area contributed by atoms with Crippen LogP contribution >= 0.6 is 9.24 Å². The van der Waals surface area contributed by atoms with Crippen molar-refractivity contribution >= 4 is 26.4 Å². The third-order valence-corrected chi connectivity index (χ3v) is 6.05. The van der Waals surface area contributed by atoms with E-state index >= 15 is 0 Å². The molecule has 3 rings (SSSR count). The van der Waals surface area contributed by atoms with Crippen LogP contribution in [-0.2, 0) is 4.74 Å². The van der Waals surface area contributed by atoms with E-state index in [1.165, 1.54) is 33.1 Å². The molecule has 0 spiro atoms. The standard InChI is InChI=1S/C27H31O2P/c1-20-9-3-4-11-23(17-20)27-25(14-8-15-26(27)30)24(13-5-6-16-29-2)22-12-7-10-21(18-22)19-28/h3,7-12,14-15,17-19,24H,4-6,13,16,30H2,1-2H3. The van der Waals surface area contributed by atoms with E-state index in [1.54, 1.807) is 7.11 Å². The maximum atomic E-state index is 11.4. The predicted molar refractivity (Wildman–Crippen MR) is 131 cm³/mol. The number of carbonyl (C=O) groups is 1. The van der Waals surface area contributed by atoms with Gasteiger partial charge in [-0.15, -0.1) is 9.24 Å². The first-order chi connectivity index (χ1) is 14.6. The van der Waals surface area contributed by atoms with Gasteiger partial charge in [0.2, 0.25) is 0 Å². The molecule has 0 fully saturated rings. The van der Waals surface area contributed by atoms with Gasteiger partial charge in [-0.05, 0) is 59.8 Å². The molecule has 0 bridgehead atoms. The maximum absolute atomic E-state index is 11.4. The molecule has 0 heterocycles. The van der Waals surface area contributed by atoms with Crippen LogP contribution in [0.25, 0.3) is 5.57 Å². The van der Waals surface area contributed by atoms with Crippen molar-refractivity contribution < 1.29 is 9.53 Å². The van der Waals surface area contributed by atoms with E-state index in [0.29, 0.717) is 0 Å². The molecule has 0 aromatic heterocycles. The Kier molecular flexibility index (Phi) is 8.37. The monoisotopic (exact) mass is 418 g/mol. The lowest BCUT2D eigenvalue weighted by Crippen LogP contribution is -2.11. The topological polar surface area (TPSA) is 26.3 Å². The van der Waals surface area contributed by atoms with Crippen LogP contribution in [0.5, 0.6) is 0 Å². The zero-order valence-corrected chi connectivity index (χ0v) is 19.1. The highest BCUT2D eigenvalue weighted by Gasteiger charge is 2.21. The highest BCUT2D eigenvalue weighted by Crippen LogP contribution is 2.36. The Morgan fingerprint density at radius 2 is 2.00 bits per heavy atom. The maximum Gasteiger partial charge on any atom is 0.150 e. The second kappa shape index (κ2) is 11.2. The van der Waals surface area contributed by atoms with E-state index in [4.69, 9.17) is 4.74 Å². The summed E-state index contributed by atoms with van der Waals surface area (Å²) in [6, 6.07) is 14.6. The fraction of sp³-hybridized carbons (Fsp3) is 0.296. The number of hydrogen-bond donors (Lipinski definition) is 0. The molecule has 156 valence electrons. The summed E-state index contributed by atoms with van der Waals surface area (Å²) < 4.78 is 5.26. The molecule has 3 heteroatoms. The van der Waals surface area contributed by atoms with Crippen molar-refractivity contribution in [2.75, 3.05) is 13.7 Å². The minimum Gasteiger partial charge on any atom is -0.385 e. The summed E-state index contributed by atoms with van der Waals surface area (Å²) in [5.74, 6) is 0.225. The third-order valence-electron chi connectivity index (χ3n) is 5.57. The largest absolute Gasteiger partial charge is 0.385 e. The zero-order chi connectivity index (χ0) is 21.3. The van der Waals surface area contributed by atoms with E-state index in [-0.39, 0.29) is 5.92 Å². The van der Waals surface area contributed by atoms with Crippen LogP contribution in [0.15, 0.2) is 72.3 Å². The Morgan fingerprint density at radius 3 is 2.80 bits per heavy atom. The lowest BCUT2D eigenvalue weighted by molar-refractivity contribution is 0.112. The number of methoxy groups -OCH3 is 1. The molecule has 1 aliphatic carbocycles. The molecule has 1 aliphatic rings. The van der Waals surface area contributed by atoms with E-state index < -0.39 is 0 Å². The van der Waals surface area contributed by atoms with E-state index in [0.717, 1.165) is 44.1 Å². The molecule has 2 nitrogen and oxygen atoms in total. The Hall–Kier alpha value is -2.28. The van der Waals surface area contributed by atoms with Gasteiger partial charge in [0.25, 0.3) is 0 Å². The van der Waals surface area contributed by atoms with Crippen molar-refractivity contribution in [3.8, 4) is 0 Å². The van der Waals surface area contributed by atoms with Gasteiger partial charge in [0, 0.05) is 25.2 Å². The number of rotatable bonds is 9. The van der Waals surface area contributed by atoms with Crippen molar-refractivity contribution in [2.24, 2.45) is 0 Å². The van der Waals surface area contributed by atoms with Gasteiger partial charge in [-0.25, -0.2) is 0 Å². The third kappa shape index (κ3) is 5.65. The first kappa shape index (κ1) is 22.4. The molecule has 0 radical (unpaired) electrons. The highest BCUT2D eigenvalue weighted by molar-refractivity contribution is 7.27. The molecule has 2 aromatic rings. The number of hydrogen-bond acceptors (Lipinski definition) is 2. The minimum absolute atomic E-state index is 0.225. The number of ether oxygens (including phenoxy) is 1. The van der Waals surface area contributed by atoms with Crippen LogP contribution < -0.4 is 5.30 Å². The van der Waals surface area contributed by atoms with Crippen LogP contribution in [0, 0.1) is 0 Å². The summed E-state index contributed by atoms with van der Waals surface area (Å²) in [5, 5.41) is 1.21. The summed E-state index contributed by atoms with van der Waals surface area (Å²) in [4.78, 5) is 11.4. The molecule has 2 unspecified atom stereocenters. The Bertz CT molecular complexity index is 969. The van der Waals surface area contributed by atoms with Gasteiger partial charge in [-0.3, -0.25) is 4.79 Å². The lowest BCUT2D eigenvalue weighted by Gasteiger charge is -2.24. The Balaban J connectivity index is 2.09. The number of unbranched alkanes of at least 4 members (excludes halogenated alkanes) is 1. The van der Waals surface area contributed by atoms with E-state index in [9.17, 15) is 4.79 Å². The van der Waals surface area contributed by atoms with Gasteiger partial charge in [0.15, 0.2) is 0 Å². The molecule has 0 N–H and O–H groups in total. The van der Waals surface area contributed by atoms with Gasteiger partial charge >= 0.3 is 0 Å². The van der Waals surface area contributed by atoms with Crippen LogP contribution in [0.4, 0.5) is 0 Å². The fourth-order valence-electron chi connectivity index (χ4n) is 4.13. The number of benzene rings is 2. The number of carbonyl (C=O) groups excluding carboxylic acids is 1. The first-order valence-corrected chi connectivity index (χ1v) is 11.2. The van der Waals surface area contributed by atoms with Crippen LogP contribution in [0.3, 0.4) is 0 Å². The summed E-state index contributed by atoms with van der Waals surface area (Å²) in [6.07, 6.45) is 14.0. The number of aldehydes is 1. The van der Waals surface area contributed by atoms with Crippen molar-refractivity contribution in [1.82, 2.24) is 0 Å². The molecule has 0 aliphatic heterocycles. The zero-order valence-electron chi connectivity index (χ0n) is 17.9. The van der Waals surface area contributed by atoms with Gasteiger partial charge in [-0.1, -0.05) is 72.7 Å². The average molecular weight is 419 g/mol. The predicted octanol–water partition coefficient (Wildman–Crippen LogP) is 6.24. The van der Waals surface area contributed by atoms with Gasteiger partial charge in [0.05, 0.1) is 0 Å². The van der Waals surface area contributed by atoms with Crippen LogP contribution in [-0.4, -0.2) is 20.0 Å². The fourth-order valence-corrected chi connectivity index (χ4v) is 4.58. The molecule has 0 amide bonds. The van der Waals surface area contributed by atoms with Crippen molar-refractivity contribution in [2.45, 2.75) is 38.5 Å². The van der Waals surface area contributed by atoms with Crippen LogP contribution in [0.2, 0.25) is 0 Å². The van der Waals surface area contributed by atoms with Crippen molar-refractivity contribution in [1.29, 1.82) is 0 Å². The molecule has 2 aromatic carbocycles. The number of allylic oxidation sites excluding steroid dienone is 6. The average Bonchev–Trinajstić information content (AvgIpc) is 2.98. The normalized spacial score (nSPS) is 14.6.